The molecule has 0 unspecified atom stereocenters. The first-order valence-electron chi connectivity index (χ1n) is 5.65. The van der Waals surface area contributed by atoms with Crippen LogP contribution in [0.4, 0.5) is 11.6 Å². The largest absolute Gasteiger partial charge is 0.434 e. The van der Waals surface area contributed by atoms with Gasteiger partial charge >= 0.3 is 11.6 Å². The normalized spacial score (nSPS) is 10.2. The lowest BCUT2D eigenvalue weighted by Gasteiger charge is -2.08. The summed E-state index contributed by atoms with van der Waals surface area (Å²) in [5, 5.41) is 14.3. The van der Waals surface area contributed by atoms with Crippen LogP contribution in [0.1, 0.15) is 5.69 Å². The monoisotopic (exact) mass is 294 g/mol. The minimum Gasteiger partial charge on any atom is -0.434 e. The molecule has 0 aliphatic rings. The second kappa shape index (κ2) is 5.70. The van der Waals surface area contributed by atoms with Gasteiger partial charge in [0.1, 0.15) is 11.4 Å². The molecule has 0 bridgehead atoms. The van der Waals surface area contributed by atoms with Crippen molar-refractivity contribution in [3.8, 4) is 11.6 Å². The molecule has 1 aromatic heterocycles. The quantitative estimate of drug-likeness (QED) is 0.688. The smallest absolute Gasteiger partial charge is 0.352 e. The highest BCUT2D eigenvalue weighted by Crippen LogP contribution is 2.33. The molecule has 2 aromatic rings. The fraction of sp³-hybridized carbons (Fsp3) is 0.167. The van der Waals surface area contributed by atoms with Gasteiger partial charge in [0, 0.05) is 12.1 Å². The second-order valence-electron chi connectivity index (χ2n) is 3.85. The molecule has 104 valence electrons. The van der Waals surface area contributed by atoms with E-state index in [-0.39, 0.29) is 23.2 Å². The molecule has 0 aliphatic carbocycles. The number of rotatable bonds is 4. The Balaban J connectivity index is 2.48. The molecule has 0 radical (unpaired) electrons. The molecule has 0 saturated carbocycles. The zero-order valence-electron chi connectivity index (χ0n) is 10.8. The van der Waals surface area contributed by atoms with Crippen LogP contribution in [0.2, 0.25) is 5.02 Å². The third-order valence-electron chi connectivity index (χ3n) is 2.44. The number of aromatic nitrogens is 2. The van der Waals surface area contributed by atoms with Crippen molar-refractivity contribution in [3.63, 3.8) is 0 Å². The van der Waals surface area contributed by atoms with E-state index in [1.807, 2.05) is 0 Å². The molecule has 0 fully saturated rings. The Bertz CT molecular complexity index is 663. The van der Waals surface area contributed by atoms with E-state index in [2.05, 4.69) is 15.3 Å². The summed E-state index contributed by atoms with van der Waals surface area (Å²) in [6, 6.07) is 6.53. The SMILES string of the molecule is CNc1nc(C)c([N+](=O)[O-])c(Oc2cccc(Cl)c2)n1. The predicted molar refractivity (Wildman–Crippen MR) is 74.5 cm³/mol. The summed E-state index contributed by atoms with van der Waals surface area (Å²) in [6.07, 6.45) is 0. The highest BCUT2D eigenvalue weighted by atomic mass is 35.5. The van der Waals surface area contributed by atoms with E-state index < -0.39 is 4.92 Å². The lowest BCUT2D eigenvalue weighted by atomic mass is 10.3. The lowest BCUT2D eigenvalue weighted by Crippen LogP contribution is -2.05. The number of benzene rings is 1. The lowest BCUT2D eigenvalue weighted by molar-refractivity contribution is -0.386. The van der Waals surface area contributed by atoms with Crippen LogP contribution in [-0.2, 0) is 0 Å². The second-order valence-corrected chi connectivity index (χ2v) is 4.29. The summed E-state index contributed by atoms with van der Waals surface area (Å²) in [7, 11) is 1.61. The first kappa shape index (κ1) is 14.0. The van der Waals surface area contributed by atoms with Gasteiger partial charge in [-0.3, -0.25) is 10.1 Å². The van der Waals surface area contributed by atoms with Crippen molar-refractivity contribution in [1.82, 2.24) is 9.97 Å². The summed E-state index contributed by atoms with van der Waals surface area (Å²) < 4.78 is 5.46. The van der Waals surface area contributed by atoms with E-state index >= 15 is 0 Å². The average molecular weight is 295 g/mol. The fourth-order valence-corrected chi connectivity index (χ4v) is 1.76. The van der Waals surface area contributed by atoms with E-state index in [0.29, 0.717) is 10.8 Å². The highest BCUT2D eigenvalue weighted by molar-refractivity contribution is 6.30. The van der Waals surface area contributed by atoms with Gasteiger partial charge in [-0.25, -0.2) is 4.98 Å². The minimum atomic E-state index is -0.575. The number of halogens is 1. The molecule has 0 atom stereocenters. The van der Waals surface area contributed by atoms with Gasteiger partial charge in [0.25, 0.3) is 0 Å². The number of nitro groups is 1. The Kier molecular flexibility index (Phi) is 3.99. The summed E-state index contributed by atoms with van der Waals surface area (Å²) >= 11 is 5.84. The van der Waals surface area contributed by atoms with Gasteiger partial charge in [0.15, 0.2) is 0 Å². The Morgan fingerprint density at radius 2 is 2.15 bits per heavy atom. The van der Waals surface area contributed by atoms with E-state index in [9.17, 15) is 10.1 Å². The van der Waals surface area contributed by atoms with Gasteiger partial charge in [-0.2, -0.15) is 4.98 Å². The number of aryl methyl sites for hydroxylation is 1. The van der Waals surface area contributed by atoms with E-state index in [0.717, 1.165) is 0 Å². The standard InChI is InChI=1S/C12H11ClN4O3/c1-7-10(17(18)19)11(16-12(14-2)15-7)20-9-5-3-4-8(13)6-9/h3-6H,1-2H3,(H,14,15,16). The van der Waals surface area contributed by atoms with Gasteiger partial charge in [0.05, 0.1) is 4.92 Å². The molecule has 0 aliphatic heterocycles. The first-order chi connectivity index (χ1) is 9.51. The molecular formula is C12H11ClN4O3. The van der Waals surface area contributed by atoms with Gasteiger partial charge < -0.3 is 10.1 Å². The average Bonchev–Trinajstić information content (AvgIpc) is 2.37. The molecule has 0 spiro atoms. The van der Waals surface area contributed by atoms with Crippen molar-refractivity contribution in [2.75, 3.05) is 12.4 Å². The van der Waals surface area contributed by atoms with Crippen LogP contribution in [0.25, 0.3) is 0 Å². The molecular weight excluding hydrogens is 284 g/mol. The van der Waals surface area contributed by atoms with Crippen molar-refractivity contribution in [2.24, 2.45) is 0 Å². The van der Waals surface area contributed by atoms with Gasteiger partial charge in [-0.15, -0.1) is 0 Å². The predicted octanol–water partition coefficient (Wildman–Crippen LogP) is 3.18. The van der Waals surface area contributed by atoms with Crippen molar-refractivity contribution in [1.29, 1.82) is 0 Å². The third kappa shape index (κ3) is 2.94. The van der Waals surface area contributed by atoms with E-state index in [4.69, 9.17) is 16.3 Å². The van der Waals surface area contributed by atoms with Gasteiger partial charge in [0.2, 0.25) is 5.95 Å². The molecule has 2 rings (SSSR count). The summed E-state index contributed by atoms with van der Waals surface area (Å²) in [5.41, 5.74) is -0.0599. The Morgan fingerprint density at radius 3 is 2.75 bits per heavy atom. The topological polar surface area (TPSA) is 90.2 Å². The van der Waals surface area contributed by atoms with Gasteiger partial charge in [-0.1, -0.05) is 17.7 Å². The van der Waals surface area contributed by atoms with Crippen molar-refractivity contribution >= 4 is 23.2 Å². The Labute approximate surface area is 119 Å². The molecule has 7 nitrogen and oxygen atoms in total. The van der Waals surface area contributed by atoms with E-state index in [1.54, 1.807) is 31.3 Å². The Hall–Kier alpha value is -2.41. The third-order valence-corrected chi connectivity index (χ3v) is 2.68. The number of hydrogen-bond donors (Lipinski definition) is 1. The summed E-state index contributed by atoms with van der Waals surface area (Å²) in [5.74, 6) is 0.472. The highest BCUT2D eigenvalue weighted by Gasteiger charge is 2.24. The van der Waals surface area contributed by atoms with Crippen LogP contribution >= 0.6 is 11.6 Å². The number of anilines is 1. The molecule has 0 amide bonds. The van der Waals surface area contributed by atoms with Crippen LogP contribution in [0.15, 0.2) is 24.3 Å². The van der Waals surface area contributed by atoms with Crippen LogP contribution < -0.4 is 10.1 Å². The van der Waals surface area contributed by atoms with Crippen LogP contribution in [-0.4, -0.2) is 21.9 Å². The minimum absolute atomic E-state index is 0.130. The fourth-order valence-electron chi connectivity index (χ4n) is 1.58. The molecule has 20 heavy (non-hydrogen) atoms. The van der Waals surface area contributed by atoms with Crippen molar-refractivity contribution in [2.45, 2.75) is 6.92 Å². The maximum absolute atomic E-state index is 11.1. The summed E-state index contributed by atoms with van der Waals surface area (Å²) in [6.45, 7) is 1.52. The van der Waals surface area contributed by atoms with Crippen LogP contribution in [0.5, 0.6) is 11.6 Å². The maximum atomic E-state index is 11.1. The van der Waals surface area contributed by atoms with Crippen LogP contribution in [0, 0.1) is 17.0 Å². The zero-order valence-corrected chi connectivity index (χ0v) is 11.5. The number of hydrogen-bond acceptors (Lipinski definition) is 6. The summed E-state index contributed by atoms with van der Waals surface area (Å²) in [4.78, 5) is 18.5. The Morgan fingerprint density at radius 1 is 1.40 bits per heavy atom. The number of nitrogens with one attached hydrogen (secondary N) is 1. The molecule has 1 aromatic carbocycles. The molecule has 1 heterocycles. The molecule has 0 saturated heterocycles. The number of nitrogens with zero attached hydrogens (tertiary/aromatic N) is 3. The number of ether oxygens (including phenoxy) is 1. The zero-order chi connectivity index (χ0) is 14.7. The van der Waals surface area contributed by atoms with E-state index in [1.165, 1.54) is 6.92 Å². The van der Waals surface area contributed by atoms with Crippen molar-refractivity contribution < 1.29 is 9.66 Å². The first-order valence-corrected chi connectivity index (χ1v) is 6.03. The van der Waals surface area contributed by atoms with Crippen molar-refractivity contribution in [3.05, 3.63) is 45.1 Å². The molecule has 1 N–H and O–H groups in total. The van der Waals surface area contributed by atoms with Crippen LogP contribution in [0.3, 0.4) is 0 Å². The molecule has 8 heteroatoms. The van der Waals surface area contributed by atoms with Gasteiger partial charge in [-0.05, 0) is 25.1 Å². The maximum Gasteiger partial charge on any atom is 0.352 e.